The first kappa shape index (κ1) is 34.6. The molecule has 2 saturated heterocycles. The highest BCUT2D eigenvalue weighted by atomic mass is 32.2. The van der Waals surface area contributed by atoms with Gasteiger partial charge in [0.1, 0.15) is 0 Å². The van der Waals surface area contributed by atoms with E-state index in [1.165, 1.54) is 7.11 Å². The Morgan fingerprint density at radius 1 is 1.02 bits per heavy atom. The van der Waals surface area contributed by atoms with E-state index < -0.39 is 33.1 Å². The topological polar surface area (TPSA) is 118 Å². The van der Waals surface area contributed by atoms with Crippen molar-refractivity contribution in [2.45, 2.75) is 100 Å². The molecule has 44 heavy (non-hydrogen) atoms. The Kier molecular flexibility index (Phi) is 11.7. The van der Waals surface area contributed by atoms with Gasteiger partial charge in [-0.15, -0.1) is 0 Å². The molecule has 2 heterocycles. The molecular weight excluding hydrogens is 582 g/mol. The van der Waals surface area contributed by atoms with E-state index >= 15 is 0 Å². The van der Waals surface area contributed by atoms with Crippen LogP contribution in [-0.4, -0.2) is 89.7 Å². The molecule has 2 aliphatic heterocycles. The molecule has 0 aromatic heterocycles. The maximum atomic E-state index is 14.4. The third-order valence-electron chi connectivity index (χ3n) is 10.4. The van der Waals surface area contributed by atoms with Gasteiger partial charge in [-0.2, -0.15) is 9.57 Å². The van der Waals surface area contributed by atoms with Crippen LogP contribution in [0.2, 0.25) is 0 Å². The van der Waals surface area contributed by atoms with E-state index in [0.29, 0.717) is 32.4 Å². The van der Waals surface area contributed by atoms with Crippen molar-refractivity contribution in [1.29, 1.82) is 5.26 Å². The van der Waals surface area contributed by atoms with Crippen LogP contribution in [0.4, 0.5) is 4.79 Å². The number of carbonyl (C=O) groups excluding carboxylic acids is 1. The van der Waals surface area contributed by atoms with Gasteiger partial charge in [0.25, 0.3) is 0 Å². The Hall–Kier alpha value is -2.23. The summed E-state index contributed by atoms with van der Waals surface area (Å²) in [6, 6.07) is 8.78. The Morgan fingerprint density at radius 3 is 2.25 bits per heavy atom. The molecule has 1 saturated carbocycles. The maximum absolute atomic E-state index is 14.4. The average molecular weight is 634 g/mol. The fraction of sp³-hybridized carbons (Fsp3) is 0.758. The molecule has 1 aliphatic carbocycles. The fourth-order valence-electron chi connectivity index (χ4n) is 8.48. The van der Waals surface area contributed by atoms with Gasteiger partial charge >= 0.3 is 6.09 Å². The number of unbranched alkanes of at least 4 members (excludes halogenated alkanes) is 6. The number of aryl methyl sites for hydroxylation is 1. The molecule has 0 N–H and O–H groups in total. The molecule has 10 nitrogen and oxygen atoms in total. The second-order valence-corrected chi connectivity index (χ2v) is 14.8. The van der Waals surface area contributed by atoms with Gasteiger partial charge in [-0.1, -0.05) is 56.2 Å². The number of methoxy groups -OCH3 is 4. The van der Waals surface area contributed by atoms with Crippen molar-refractivity contribution in [3.05, 3.63) is 29.8 Å². The molecular formula is C33H51N3O7S. The number of nitriles is 1. The second kappa shape index (κ2) is 14.9. The third-order valence-corrected chi connectivity index (χ3v) is 12.3. The predicted octanol–water partition coefficient (Wildman–Crippen LogP) is 5.50. The van der Waals surface area contributed by atoms with Crippen LogP contribution in [0.25, 0.3) is 0 Å². The zero-order valence-electron chi connectivity index (χ0n) is 27.1. The van der Waals surface area contributed by atoms with Gasteiger partial charge in [-0.25, -0.2) is 13.2 Å². The van der Waals surface area contributed by atoms with Crippen molar-refractivity contribution in [3.63, 3.8) is 0 Å². The third kappa shape index (κ3) is 6.52. The lowest BCUT2D eigenvalue weighted by molar-refractivity contribution is -0.109. The molecule has 3 fully saturated rings. The Balaban J connectivity index is 1.58. The first-order valence-electron chi connectivity index (χ1n) is 16.0. The molecule has 3 aliphatic rings. The molecule has 0 radical (unpaired) electrons. The van der Waals surface area contributed by atoms with Gasteiger partial charge in [0.2, 0.25) is 10.0 Å². The van der Waals surface area contributed by atoms with Crippen molar-refractivity contribution < 1.29 is 32.2 Å². The molecule has 1 amide bonds. The number of likely N-dealkylation sites (tertiary alicyclic amines) is 1. The highest BCUT2D eigenvalue weighted by molar-refractivity contribution is 7.89. The second-order valence-electron chi connectivity index (χ2n) is 12.9. The number of hydrogen-bond acceptors (Lipinski definition) is 8. The first-order chi connectivity index (χ1) is 21.1. The SMILES string of the molecule is COC[C@]12[C@@H]3CCN(S(=O)(=O)c4ccc(C)cc4)[C@H]1[C@@](C#N)(CCCCCCCCCC(OC)OC)C[C@H]3CN2C(=O)OC. The normalized spacial score (nSPS) is 28.3. The quantitative estimate of drug-likeness (QED) is 0.173. The van der Waals surface area contributed by atoms with Crippen LogP contribution < -0.4 is 0 Å². The zero-order chi connectivity index (χ0) is 32.0. The van der Waals surface area contributed by atoms with E-state index in [0.717, 1.165) is 56.9 Å². The zero-order valence-corrected chi connectivity index (χ0v) is 27.9. The monoisotopic (exact) mass is 633 g/mol. The summed E-state index contributed by atoms with van der Waals surface area (Å²) in [4.78, 5) is 15.2. The Morgan fingerprint density at radius 2 is 1.66 bits per heavy atom. The number of piperidine rings is 1. The largest absolute Gasteiger partial charge is 0.453 e. The van der Waals surface area contributed by atoms with Gasteiger partial charge in [0, 0.05) is 34.4 Å². The van der Waals surface area contributed by atoms with Crippen LogP contribution >= 0.6 is 0 Å². The maximum Gasteiger partial charge on any atom is 0.410 e. The smallest absolute Gasteiger partial charge is 0.410 e. The minimum Gasteiger partial charge on any atom is -0.453 e. The van der Waals surface area contributed by atoms with Crippen LogP contribution in [0, 0.1) is 35.5 Å². The molecule has 4 bridgehead atoms. The standard InChI is InChI=1S/C33H51N3O7S/c1-25-14-16-27(17-15-25)44(38,39)36-20-18-28-26-21-32(23-34,19-12-10-8-6-7-9-11-13-29(41-3)42-4)30(36)33(28,24-40-2)35(22-26)31(37)43-5/h14-17,26,28-30H,6-13,18-22,24H2,1-5H3/t26-,28+,30-,32-,33-/m0/s1. The van der Waals surface area contributed by atoms with Gasteiger partial charge in [-0.3, -0.25) is 4.90 Å². The van der Waals surface area contributed by atoms with Gasteiger partial charge in [0.05, 0.1) is 41.7 Å². The summed E-state index contributed by atoms with van der Waals surface area (Å²) in [5.74, 6) is 0.0979. The number of amides is 1. The summed E-state index contributed by atoms with van der Waals surface area (Å²) in [6.45, 7) is 2.80. The van der Waals surface area contributed by atoms with Crippen LogP contribution in [0.3, 0.4) is 0 Å². The van der Waals surface area contributed by atoms with Crippen LogP contribution in [0.5, 0.6) is 0 Å². The summed E-state index contributed by atoms with van der Waals surface area (Å²) in [7, 11) is 2.28. The molecule has 246 valence electrons. The number of carbonyl (C=O) groups is 1. The molecule has 0 unspecified atom stereocenters. The Labute approximate surface area is 264 Å². The van der Waals surface area contributed by atoms with E-state index in [4.69, 9.17) is 18.9 Å². The summed E-state index contributed by atoms with van der Waals surface area (Å²) in [5, 5.41) is 11.0. The molecule has 5 atom stereocenters. The molecule has 1 aromatic rings. The highest BCUT2D eigenvalue weighted by Gasteiger charge is 2.73. The number of sulfonamides is 1. The fourth-order valence-corrected chi connectivity index (χ4v) is 10.2. The van der Waals surface area contributed by atoms with Crippen molar-refractivity contribution >= 4 is 16.1 Å². The van der Waals surface area contributed by atoms with Gasteiger partial charge in [0.15, 0.2) is 6.29 Å². The van der Waals surface area contributed by atoms with Crippen LogP contribution in [0.15, 0.2) is 29.2 Å². The minimum atomic E-state index is -3.98. The number of hydrogen-bond donors (Lipinski definition) is 0. The lowest BCUT2D eigenvalue weighted by atomic mass is 9.53. The number of nitrogens with zero attached hydrogens (tertiary/aromatic N) is 3. The van der Waals surface area contributed by atoms with Gasteiger partial charge in [-0.05, 0) is 63.0 Å². The minimum absolute atomic E-state index is 0.0216. The van der Waals surface area contributed by atoms with E-state index in [1.54, 1.807) is 54.8 Å². The van der Waals surface area contributed by atoms with E-state index in [9.17, 15) is 18.5 Å². The number of rotatable bonds is 16. The number of ether oxygens (including phenoxy) is 4. The summed E-state index contributed by atoms with van der Waals surface area (Å²) in [5.41, 5.74) is -0.985. The predicted molar refractivity (Wildman–Crippen MR) is 166 cm³/mol. The lowest BCUT2D eigenvalue weighted by Gasteiger charge is -2.61. The molecule has 4 rings (SSSR count). The lowest BCUT2D eigenvalue weighted by Crippen LogP contribution is -2.75. The van der Waals surface area contributed by atoms with Gasteiger partial charge < -0.3 is 18.9 Å². The van der Waals surface area contributed by atoms with Crippen LogP contribution in [-0.2, 0) is 29.0 Å². The summed E-state index contributed by atoms with van der Waals surface area (Å²) < 4.78 is 51.9. The van der Waals surface area contributed by atoms with Crippen molar-refractivity contribution in [3.8, 4) is 6.07 Å². The van der Waals surface area contributed by atoms with Crippen molar-refractivity contribution in [2.24, 2.45) is 17.3 Å². The van der Waals surface area contributed by atoms with E-state index in [2.05, 4.69) is 6.07 Å². The Bertz CT molecular complexity index is 1250. The molecule has 1 aromatic carbocycles. The average Bonchev–Trinajstić information content (AvgIpc) is 3.26. The summed E-state index contributed by atoms with van der Waals surface area (Å²) in [6.07, 6.45) is 9.20. The van der Waals surface area contributed by atoms with E-state index in [1.807, 2.05) is 6.92 Å². The van der Waals surface area contributed by atoms with Crippen molar-refractivity contribution in [2.75, 3.05) is 48.1 Å². The van der Waals surface area contributed by atoms with Crippen LogP contribution in [0.1, 0.15) is 76.2 Å². The van der Waals surface area contributed by atoms with Crippen molar-refractivity contribution in [1.82, 2.24) is 9.21 Å². The molecule has 11 heteroatoms. The first-order valence-corrected chi connectivity index (χ1v) is 17.5. The molecule has 0 spiro atoms. The summed E-state index contributed by atoms with van der Waals surface area (Å²) >= 11 is 0. The number of benzene rings is 1. The highest BCUT2D eigenvalue weighted by Crippen LogP contribution is 2.62. The van der Waals surface area contributed by atoms with E-state index in [-0.39, 0.29) is 29.6 Å².